The zero-order valence-electron chi connectivity index (χ0n) is 11.2. The van der Waals surface area contributed by atoms with Gasteiger partial charge in [0.2, 0.25) is 0 Å². The average molecular weight is 232 g/mol. The standard InChI is InChI=1S/C12H28N2O2/c1-11(2)10-14(7-8-15-3)6-5-12(9-13)16-4/h11-12H,5-10,13H2,1-4H3. The molecule has 2 N–H and O–H groups in total. The van der Waals surface area contributed by atoms with Gasteiger partial charge in [0.15, 0.2) is 0 Å². The third kappa shape index (κ3) is 8.05. The first-order valence-corrected chi connectivity index (χ1v) is 6.08. The minimum absolute atomic E-state index is 0.178. The molecule has 0 heterocycles. The lowest BCUT2D eigenvalue weighted by molar-refractivity contribution is 0.0798. The Morgan fingerprint density at radius 1 is 1.19 bits per heavy atom. The van der Waals surface area contributed by atoms with Crippen LogP contribution in [0.1, 0.15) is 20.3 Å². The number of rotatable bonds is 10. The maximum absolute atomic E-state index is 5.60. The number of nitrogens with zero attached hydrogens (tertiary/aromatic N) is 1. The lowest BCUT2D eigenvalue weighted by atomic mass is 10.2. The summed E-state index contributed by atoms with van der Waals surface area (Å²) < 4.78 is 10.4. The quantitative estimate of drug-likeness (QED) is 0.609. The first-order valence-electron chi connectivity index (χ1n) is 6.08. The molecule has 0 aromatic carbocycles. The first-order chi connectivity index (χ1) is 7.63. The Balaban J connectivity index is 3.89. The molecule has 0 aromatic heterocycles. The van der Waals surface area contributed by atoms with Gasteiger partial charge in [-0.05, 0) is 12.3 Å². The molecule has 0 aromatic rings. The second-order valence-corrected chi connectivity index (χ2v) is 4.57. The summed E-state index contributed by atoms with van der Waals surface area (Å²) in [6.45, 7) is 8.95. The molecule has 16 heavy (non-hydrogen) atoms. The Kier molecular flexibility index (Phi) is 9.92. The van der Waals surface area contributed by atoms with Gasteiger partial charge in [0.1, 0.15) is 0 Å². The summed E-state index contributed by atoms with van der Waals surface area (Å²) in [5.41, 5.74) is 5.60. The van der Waals surface area contributed by atoms with E-state index in [0.717, 1.165) is 32.7 Å². The van der Waals surface area contributed by atoms with Crippen molar-refractivity contribution in [2.24, 2.45) is 11.7 Å². The fraction of sp³-hybridized carbons (Fsp3) is 1.00. The monoisotopic (exact) mass is 232 g/mol. The van der Waals surface area contributed by atoms with Gasteiger partial charge in [-0.25, -0.2) is 0 Å². The van der Waals surface area contributed by atoms with Gasteiger partial charge in [-0.2, -0.15) is 0 Å². The van der Waals surface area contributed by atoms with Crippen LogP contribution < -0.4 is 5.73 Å². The normalized spacial score (nSPS) is 13.7. The summed E-state index contributed by atoms with van der Waals surface area (Å²) in [4.78, 5) is 2.41. The number of hydrogen-bond acceptors (Lipinski definition) is 4. The highest BCUT2D eigenvalue weighted by Gasteiger charge is 2.10. The molecule has 0 saturated carbocycles. The summed E-state index contributed by atoms with van der Waals surface area (Å²) >= 11 is 0. The third-order valence-electron chi connectivity index (χ3n) is 2.60. The molecule has 4 nitrogen and oxygen atoms in total. The van der Waals surface area contributed by atoms with Crippen molar-refractivity contribution in [3.8, 4) is 0 Å². The van der Waals surface area contributed by atoms with Gasteiger partial charge < -0.3 is 20.1 Å². The summed E-state index contributed by atoms with van der Waals surface area (Å²) in [7, 11) is 3.46. The highest BCUT2D eigenvalue weighted by Crippen LogP contribution is 2.03. The zero-order chi connectivity index (χ0) is 12.4. The van der Waals surface area contributed by atoms with E-state index in [0.29, 0.717) is 12.5 Å². The van der Waals surface area contributed by atoms with E-state index in [1.165, 1.54) is 0 Å². The topological polar surface area (TPSA) is 47.7 Å². The smallest absolute Gasteiger partial charge is 0.0705 e. The van der Waals surface area contributed by atoms with Crippen LogP contribution in [0.2, 0.25) is 0 Å². The Hall–Kier alpha value is -0.160. The van der Waals surface area contributed by atoms with Crippen LogP contribution >= 0.6 is 0 Å². The van der Waals surface area contributed by atoms with Crippen LogP contribution in [0.4, 0.5) is 0 Å². The third-order valence-corrected chi connectivity index (χ3v) is 2.60. The lowest BCUT2D eigenvalue weighted by Gasteiger charge is -2.25. The van der Waals surface area contributed by atoms with Crippen LogP contribution in [0.3, 0.4) is 0 Å². The van der Waals surface area contributed by atoms with Crippen LogP contribution in [-0.2, 0) is 9.47 Å². The van der Waals surface area contributed by atoms with Crippen molar-refractivity contribution < 1.29 is 9.47 Å². The molecule has 98 valence electrons. The van der Waals surface area contributed by atoms with Gasteiger partial charge in [0.25, 0.3) is 0 Å². The first kappa shape index (κ1) is 15.8. The molecule has 0 radical (unpaired) electrons. The number of methoxy groups -OCH3 is 2. The van der Waals surface area contributed by atoms with Crippen LogP contribution in [0.5, 0.6) is 0 Å². The zero-order valence-corrected chi connectivity index (χ0v) is 11.2. The van der Waals surface area contributed by atoms with Crippen molar-refractivity contribution in [1.29, 1.82) is 0 Å². The molecular formula is C12H28N2O2. The minimum Gasteiger partial charge on any atom is -0.383 e. The van der Waals surface area contributed by atoms with Crippen LogP contribution in [0, 0.1) is 5.92 Å². The summed E-state index contributed by atoms with van der Waals surface area (Å²) in [5, 5.41) is 0. The molecule has 1 unspecified atom stereocenters. The molecule has 4 heteroatoms. The maximum atomic E-state index is 5.60. The second-order valence-electron chi connectivity index (χ2n) is 4.57. The van der Waals surface area contributed by atoms with E-state index in [1.54, 1.807) is 14.2 Å². The van der Waals surface area contributed by atoms with E-state index in [1.807, 2.05) is 0 Å². The highest BCUT2D eigenvalue weighted by atomic mass is 16.5. The van der Waals surface area contributed by atoms with Gasteiger partial charge in [-0.3, -0.25) is 0 Å². The van der Waals surface area contributed by atoms with E-state index in [-0.39, 0.29) is 6.10 Å². The largest absolute Gasteiger partial charge is 0.383 e. The van der Waals surface area contributed by atoms with Crippen LogP contribution in [-0.4, -0.2) is 58.0 Å². The van der Waals surface area contributed by atoms with E-state index in [2.05, 4.69) is 18.7 Å². The van der Waals surface area contributed by atoms with E-state index in [4.69, 9.17) is 15.2 Å². The Labute approximate surface area is 100 Å². The van der Waals surface area contributed by atoms with E-state index >= 15 is 0 Å². The van der Waals surface area contributed by atoms with Crippen LogP contribution in [0.25, 0.3) is 0 Å². The highest BCUT2D eigenvalue weighted by molar-refractivity contribution is 4.65. The predicted octanol–water partition coefficient (Wildman–Crippen LogP) is 0.955. The Morgan fingerprint density at radius 3 is 2.31 bits per heavy atom. The Morgan fingerprint density at radius 2 is 1.88 bits per heavy atom. The fourth-order valence-electron chi connectivity index (χ4n) is 1.69. The molecule has 0 amide bonds. The molecular weight excluding hydrogens is 204 g/mol. The van der Waals surface area contributed by atoms with Crippen molar-refractivity contribution >= 4 is 0 Å². The molecule has 0 aliphatic rings. The number of hydrogen-bond donors (Lipinski definition) is 1. The predicted molar refractivity (Wildman–Crippen MR) is 67.6 cm³/mol. The number of ether oxygens (including phenoxy) is 2. The van der Waals surface area contributed by atoms with Gasteiger partial charge in [-0.15, -0.1) is 0 Å². The molecule has 1 atom stereocenters. The maximum Gasteiger partial charge on any atom is 0.0705 e. The fourth-order valence-corrected chi connectivity index (χ4v) is 1.69. The van der Waals surface area contributed by atoms with Gasteiger partial charge in [-0.1, -0.05) is 13.8 Å². The van der Waals surface area contributed by atoms with Crippen molar-refractivity contribution in [3.05, 3.63) is 0 Å². The van der Waals surface area contributed by atoms with Crippen molar-refractivity contribution in [2.75, 3.05) is 47.0 Å². The summed E-state index contributed by atoms with van der Waals surface area (Å²) in [5.74, 6) is 0.677. The molecule has 0 rings (SSSR count). The molecule has 0 fully saturated rings. The van der Waals surface area contributed by atoms with Crippen molar-refractivity contribution in [1.82, 2.24) is 4.90 Å². The number of nitrogens with two attached hydrogens (primary N) is 1. The summed E-state index contributed by atoms with van der Waals surface area (Å²) in [6.07, 6.45) is 1.17. The van der Waals surface area contributed by atoms with Crippen LogP contribution in [0.15, 0.2) is 0 Å². The molecule has 0 aliphatic heterocycles. The molecule has 0 spiro atoms. The van der Waals surface area contributed by atoms with E-state index in [9.17, 15) is 0 Å². The second kappa shape index (κ2) is 10.0. The Bertz CT molecular complexity index is 150. The molecule has 0 aliphatic carbocycles. The average Bonchev–Trinajstić information content (AvgIpc) is 2.26. The van der Waals surface area contributed by atoms with Gasteiger partial charge >= 0.3 is 0 Å². The molecule has 0 saturated heterocycles. The van der Waals surface area contributed by atoms with Gasteiger partial charge in [0, 0.05) is 40.4 Å². The van der Waals surface area contributed by atoms with Gasteiger partial charge in [0.05, 0.1) is 12.7 Å². The summed E-state index contributed by atoms with van der Waals surface area (Å²) in [6, 6.07) is 0. The minimum atomic E-state index is 0.178. The lowest BCUT2D eigenvalue weighted by Crippen LogP contribution is -2.35. The molecule has 0 bridgehead atoms. The van der Waals surface area contributed by atoms with Crippen molar-refractivity contribution in [3.63, 3.8) is 0 Å². The van der Waals surface area contributed by atoms with E-state index < -0.39 is 0 Å². The SMILES string of the molecule is COCCN(CCC(CN)OC)CC(C)C. The van der Waals surface area contributed by atoms with Crippen molar-refractivity contribution in [2.45, 2.75) is 26.4 Å².